The molecule has 0 saturated heterocycles. The molecule has 0 spiro atoms. The van der Waals surface area contributed by atoms with Crippen LogP contribution in [0.5, 0.6) is 0 Å². The van der Waals surface area contributed by atoms with Crippen molar-refractivity contribution in [2.75, 3.05) is 17.3 Å². The standard InChI is InChI=1S/C17H21N3O3S2.ClH/c1-25(22,23)8-7-14(18)16(21)20-17-19-15(10-24-17)13-6-5-11-3-2-4-12(11)9-13;/h5-6,9-10,14H,2-4,7-8,18H2,1H3,(H,19,20,21);1H. The van der Waals surface area contributed by atoms with Crippen molar-refractivity contribution in [2.45, 2.75) is 31.7 Å². The molecule has 1 aromatic heterocycles. The van der Waals surface area contributed by atoms with E-state index in [-0.39, 0.29) is 24.6 Å². The fraction of sp³-hybridized carbons (Fsp3) is 0.412. The predicted molar refractivity (Wildman–Crippen MR) is 108 cm³/mol. The lowest BCUT2D eigenvalue weighted by molar-refractivity contribution is -0.117. The van der Waals surface area contributed by atoms with Gasteiger partial charge < -0.3 is 11.1 Å². The van der Waals surface area contributed by atoms with Gasteiger partial charge in [0.2, 0.25) is 5.91 Å². The number of aryl methyl sites for hydroxylation is 2. The van der Waals surface area contributed by atoms with Gasteiger partial charge >= 0.3 is 0 Å². The summed E-state index contributed by atoms with van der Waals surface area (Å²) in [4.78, 5) is 16.5. The summed E-state index contributed by atoms with van der Waals surface area (Å²) in [6.45, 7) is 0. The number of thiazole rings is 1. The van der Waals surface area contributed by atoms with Crippen LogP contribution < -0.4 is 11.1 Å². The molecule has 3 N–H and O–H groups in total. The van der Waals surface area contributed by atoms with Gasteiger partial charge in [-0.1, -0.05) is 12.1 Å². The van der Waals surface area contributed by atoms with E-state index in [0.29, 0.717) is 5.13 Å². The minimum absolute atomic E-state index is 0. The molecule has 142 valence electrons. The van der Waals surface area contributed by atoms with Gasteiger partial charge in [0.15, 0.2) is 5.13 Å². The molecule has 2 aromatic rings. The Bertz CT molecular complexity index is 896. The Hall–Kier alpha value is -1.48. The van der Waals surface area contributed by atoms with E-state index in [1.807, 2.05) is 5.38 Å². The SMILES string of the molecule is CS(=O)(=O)CCC(N)C(=O)Nc1nc(-c2ccc3c(c2)CCC3)cs1.Cl. The summed E-state index contributed by atoms with van der Waals surface area (Å²) in [7, 11) is -3.14. The largest absolute Gasteiger partial charge is 0.320 e. The monoisotopic (exact) mass is 415 g/mol. The van der Waals surface area contributed by atoms with Gasteiger partial charge in [0.1, 0.15) is 9.84 Å². The van der Waals surface area contributed by atoms with E-state index in [2.05, 4.69) is 28.5 Å². The van der Waals surface area contributed by atoms with Crippen molar-refractivity contribution < 1.29 is 13.2 Å². The summed E-state index contributed by atoms with van der Waals surface area (Å²) in [6.07, 6.45) is 4.66. The van der Waals surface area contributed by atoms with E-state index in [1.165, 1.54) is 28.9 Å². The topological polar surface area (TPSA) is 102 Å². The van der Waals surface area contributed by atoms with E-state index < -0.39 is 21.8 Å². The normalized spacial score (nSPS) is 14.4. The summed E-state index contributed by atoms with van der Waals surface area (Å²) in [5, 5.41) is 5.03. The maximum atomic E-state index is 12.1. The van der Waals surface area contributed by atoms with Gasteiger partial charge in [-0.25, -0.2) is 13.4 Å². The van der Waals surface area contributed by atoms with Crippen LogP contribution in [0.25, 0.3) is 11.3 Å². The molecule has 0 bridgehead atoms. The molecular weight excluding hydrogens is 394 g/mol. The van der Waals surface area contributed by atoms with Crippen LogP contribution in [0.15, 0.2) is 23.6 Å². The number of nitrogens with two attached hydrogens (primary N) is 1. The summed E-state index contributed by atoms with van der Waals surface area (Å²) in [6, 6.07) is 5.50. The molecule has 0 aliphatic heterocycles. The fourth-order valence-corrected chi connectivity index (χ4v) is 4.27. The van der Waals surface area contributed by atoms with Crippen molar-refractivity contribution >= 4 is 44.6 Å². The molecule has 0 radical (unpaired) electrons. The Morgan fingerprint density at radius 1 is 1.35 bits per heavy atom. The molecule has 1 unspecified atom stereocenters. The van der Waals surface area contributed by atoms with Crippen LogP contribution in [0.1, 0.15) is 24.0 Å². The average molecular weight is 416 g/mol. The van der Waals surface area contributed by atoms with Gasteiger partial charge in [-0.15, -0.1) is 23.7 Å². The Morgan fingerprint density at radius 2 is 2.08 bits per heavy atom. The van der Waals surface area contributed by atoms with Gasteiger partial charge in [0.25, 0.3) is 0 Å². The van der Waals surface area contributed by atoms with Crippen molar-refractivity contribution in [3.8, 4) is 11.3 Å². The molecule has 26 heavy (non-hydrogen) atoms. The van der Waals surface area contributed by atoms with Crippen LogP contribution >= 0.6 is 23.7 Å². The summed E-state index contributed by atoms with van der Waals surface area (Å²) >= 11 is 1.33. The average Bonchev–Trinajstić information content (AvgIpc) is 3.19. The Balaban J connectivity index is 0.00000243. The molecule has 9 heteroatoms. The first-order valence-electron chi connectivity index (χ1n) is 8.14. The molecular formula is C17H22ClN3O3S2. The van der Waals surface area contributed by atoms with Crippen LogP contribution in [0.2, 0.25) is 0 Å². The number of anilines is 1. The number of rotatable bonds is 6. The lowest BCUT2D eigenvalue weighted by Gasteiger charge is -2.09. The number of nitrogens with one attached hydrogen (secondary N) is 1. The third kappa shape index (κ3) is 5.26. The maximum absolute atomic E-state index is 12.1. The van der Waals surface area contributed by atoms with Crippen LogP contribution in [-0.2, 0) is 27.5 Å². The smallest absolute Gasteiger partial charge is 0.243 e. The van der Waals surface area contributed by atoms with Crippen LogP contribution in [0.4, 0.5) is 5.13 Å². The number of fused-ring (bicyclic) bond motifs is 1. The van der Waals surface area contributed by atoms with E-state index in [4.69, 9.17) is 5.73 Å². The molecule has 6 nitrogen and oxygen atoms in total. The van der Waals surface area contributed by atoms with E-state index in [9.17, 15) is 13.2 Å². The van der Waals surface area contributed by atoms with Crippen molar-refractivity contribution in [2.24, 2.45) is 5.73 Å². The number of benzene rings is 1. The van der Waals surface area contributed by atoms with Gasteiger partial charge in [-0.2, -0.15) is 0 Å². The molecule has 0 saturated carbocycles. The van der Waals surface area contributed by atoms with Gasteiger partial charge in [0, 0.05) is 17.2 Å². The number of sulfone groups is 1. The Labute approximate surface area is 163 Å². The summed E-state index contributed by atoms with van der Waals surface area (Å²) in [5.74, 6) is -0.529. The molecule has 1 heterocycles. The molecule has 1 atom stereocenters. The molecule has 1 aromatic carbocycles. The molecule has 1 aliphatic rings. The highest BCUT2D eigenvalue weighted by Crippen LogP contribution is 2.30. The number of carbonyl (C=O) groups excluding carboxylic acids is 1. The van der Waals surface area contributed by atoms with Crippen LogP contribution in [0.3, 0.4) is 0 Å². The number of halogens is 1. The Kier molecular flexibility index (Phi) is 6.79. The quantitative estimate of drug-likeness (QED) is 0.754. The van der Waals surface area contributed by atoms with Crippen molar-refractivity contribution in [1.29, 1.82) is 0 Å². The van der Waals surface area contributed by atoms with Crippen LogP contribution in [0, 0.1) is 0 Å². The van der Waals surface area contributed by atoms with Crippen molar-refractivity contribution in [3.05, 3.63) is 34.7 Å². The third-order valence-corrected chi connectivity index (χ3v) is 6.00. The van der Waals surface area contributed by atoms with Gasteiger partial charge in [-0.3, -0.25) is 4.79 Å². The zero-order valence-electron chi connectivity index (χ0n) is 14.4. The number of nitrogens with zero attached hydrogens (tertiary/aromatic N) is 1. The number of amides is 1. The van der Waals surface area contributed by atoms with Gasteiger partial charge in [-0.05, 0) is 42.9 Å². The lowest BCUT2D eigenvalue weighted by Crippen LogP contribution is -2.37. The second-order valence-corrected chi connectivity index (χ2v) is 9.51. The van der Waals surface area contributed by atoms with Crippen molar-refractivity contribution in [1.82, 2.24) is 4.98 Å². The van der Waals surface area contributed by atoms with E-state index in [1.54, 1.807) is 0 Å². The summed E-state index contributed by atoms with van der Waals surface area (Å²) in [5.41, 5.74) is 10.4. The van der Waals surface area contributed by atoms with E-state index in [0.717, 1.165) is 30.4 Å². The number of aromatic nitrogens is 1. The van der Waals surface area contributed by atoms with E-state index >= 15 is 0 Å². The molecule has 1 aliphatic carbocycles. The van der Waals surface area contributed by atoms with Gasteiger partial charge in [0.05, 0.1) is 17.5 Å². The molecule has 0 fully saturated rings. The predicted octanol–water partition coefficient (Wildman–Crippen LogP) is 2.42. The lowest BCUT2D eigenvalue weighted by atomic mass is 10.1. The first-order chi connectivity index (χ1) is 11.8. The molecule has 1 amide bonds. The number of hydrogen-bond acceptors (Lipinski definition) is 6. The Morgan fingerprint density at radius 3 is 2.81 bits per heavy atom. The first-order valence-corrected chi connectivity index (χ1v) is 11.1. The highest BCUT2D eigenvalue weighted by Gasteiger charge is 2.18. The zero-order valence-corrected chi connectivity index (χ0v) is 16.8. The third-order valence-electron chi connectivity index (χ3n) is 4.26. The number of hydrogen-bond donors (Lipinski definition) is 2. The maximum Gasteiger partial charge on any atom is 0.243 e. The zero-order chi connectivity index (χ0) is 18.0. The second kappa shape index (κ2) is 8.47. The minimum atomic E-state index is -3.14. The first kappa shape index (κ1) is 20.8. The van der Waals surface area contributed by atoms with Crippen LogP contribution in [-0.4, -0.2) is 37.4 Å². The minimum Gasteiger partial charge on any atom is -0.320 e. The fourth-order valence-electron chi connectivity index (χ4n) is 2.87. The summed E-state index contributed by atoms with van der Waals surface area (Å²) < 4.78 is 22.3. The number of carbonyl (C=O) groups is 1. The highest BCUT2D eigenvalue weighted by atomic mass is 35.5. The molecule has 3 rings (SSSR count). The highest BCUT2D eigenvalue weighted by molar-refractivity contribution is 7.90. The second-order valence-electron chi connectivity index (χ2n) is 6.39. The van der Waals surface area contributed by atoms with Crippen molar-refractivity contribution in [3.63, 3.8) is 0 Å².